The van der Waals surface area contributed by atoms with Gasteiger partial charge in [0.2, 0.25) is 5.91 Å². The predicted molar refractivity (Wildman–Crippen MR) is 98.5 cm³/mol. The van der Waals surface area contributed by atoms with E-state index in [1.165, 1.54) is 6.07 Å². The van der Waals surface area contributed by atoms with Crippen LogP contribution in [-0.4, -0.2) is 23.0 Å². The Hall–Kier alpha value is -2.76. The second kappa shape index (κ2) is 8.29. The Bertz CT molecular complexity index is 826. The van der Waals surface area contributed by atoms with Gasteiger partial charge in [0.05, 0.1) is 6.42 Å². The van der Waals surface area contributed by atoms with E-state index in [4.69, 9.17) is 0 Å². The molecule has 0 bridgehead atoms. The maximum atomic E-state index is 13.7. The maximum Gasteiger partial charge on any atom is 0.326 e. The predicted octanol–water partition coefficient (Wildman–Crippen LogP) is 3.62. The van der Waals surface area contributed by atoms with Crippen LogP contribution >= 0.6 is 0 Å². The summed E-state index contributed by atoms with van der Waals surface area (Å²) in [5.74, 6) is -3.39. The number of carboxylic acids is 1. The van der Waals surface area contributed by atoms with Crippen LogP contribution in [0.1, 0.15) is 37.5 Å². The molecule has 0 aromatic heterocycles. The summed E-state index contributed by atoms with van der Waals surface area (Å²) in [6.07, 6.45) is -0.254. The van der Waals surface area contributed by atoms with Crippen LogP contribution in [-0.2, 0) is 27.8 Å². The second-order valence-electron chi connectivity index (χ2n) is 7.52. The average Bonchev–Trinajstić information content (AvgIpc) is 2.56. The summed E-state index contributed by atoms with van der Waals surface area (Å²) < 4.78 is 26.6. The van der Waals surface area contributed by atoms with Crippen LogP contribution in [0.2, 0.25) is 0 Å². The van der Waals surface area contributed by atoms with E-state index >= 15 is 0 Å². The molecule has 2 N–H and O–H groups in total. The lowest BCUT2D eigenvalue weighted by atomic mass is 9.86. The highest BCUT2D eigenvalue weighted by Crippen LogP contribution is 2.22. The van der Waals surface area contributed by atoms with Crippen molar-refractivity contribution in [2.24, 2.45) is 0 Å². The highest BCUT2D eigenvalue weighted by Gasteiger charge is 2.22. The van der Waals surface area contributed by atoms with Crippen molar-refractivity contribution < 1.29 is 23.5 Å². The minimum absolute atomic E-state index is 0.00701. The van der Waals surface area contributed by atoms with E-state index < -0.39 is 29.6 Å². The van der Waals surface area contributed by atoms with Gasteiger partial charge in [0.25, 0.3) is 0 Å². The average molecular weight is 375 g/mol. The van der Waals surface area contributed by atoms with Crippen molar-refractivity contribution >= 4 is 11.9 Å². The number of hydrogen-bond donors (Lipinski definition) is 2. The third-order valence-corrected chi connectivity index (χ3v) is 4.26. The molecule has 1 atom stereocenters. The van der Waals surface area contributed by atoms with Gasteiger partial charge in [0.15, 0.2) is 0 Å². The molecule has 2 aromatic carbocycles. The fraction of sp³-hybridized carbons (Fsp3) is 0.333. The van der Waals surface area contributed by atoms with Crippen molar-refractivity contribution in [2.75, 3.05) is 0 Å². The molecule has 0 fully saturated rings. The number of amides is 1. The zero-order valence-electron chi connectivity index (χ0n) is 15.6. The first-order chi connectivity index (χ1) is 12.6. The highest BCUT2D eigenvalue weighted by atomic mass is 19.1. The molecule has 0 aliphatic heterocycles. The van der Waals surface area contributed by atoms with Crippen LogP contribution in [0.3, 0.4) is 0 Å². The molecule has 27 heavy (non-hydrogen) atoms. The van der Waals surface area contributed by atoms with Crippen molar-refractivity contribution in [3.63, 3.8) is 0 Å². The lowest BCUT2D eigenvalue weighted by Crippen LogP contribution is -2.43. The number of aliphatic carboxylic acids is 1. The van der Waals surface area contributed by atoms with Crippen molar-refractivity contribution in [1.29, 1.82) is 0 Å². The number of halogens is 2. The van der Waals surface area contributed by atoms with Crippen molar-refractivity contribution in [3.05, 3.63) is 70.8 Å². The molecule has 0 aliphatic carbocycles. The first-order valence-corrected chi connectivity index (χ1v) is 8.62. The Kier molecular flexibility index (Phi) is 6.31. The van der Waals surface area contributed by atoms with Crippen molar-refractivity contribution in [2.45, 2.75) is 45.1 Å². The molecule has 1 amide bonds. The third-order valence-electron chi connectivity index (χ3n) is 4.26. The molecule has 144 valence electrons. The molecule has 4 nitrogen and oxygen atoms in total. The molecule has 0 heterocycles. The largest absolute Gasteiger partial charge is 0.480 e. The normalized spacial score (nSPS) is 12.5. The number of hydrogen-bond acceptors (Lipinski definition) is 2. The maximum absolute atomic E-state index is 13.7. The minimum Gasteiger partial charge on any atom is -0.480 e. The summed E-state index contributed by atoms with van der Waals surface area (Å²) in [4.78, 5) is 23.6. The van der Waals surface area contributed by atoms with Gasteiger partial charge in [0, 0.05) is 12.5 Å². The van der Waals surface area contributed by atoms with E-state index in [1.807, 2.05) is 24.3 Å². The third kappa shape index (κ3) is 5.88. The highest BCUT2D eigenvalue weighted by molar-refractivity contribution is 5.85. The minimum atomic E-state index is -1.18. The van der Waals surface area contributed by atoms with Gasteiger partial charge in [-0.05, 0) is 28.2 Å². The molecule has 0 saturated carbocycles. The van der Waals surface area contributed by atoms with E-state index in [2.05, 4.69) is 26.1 Å². The zero-order valence-corrected chi connectivity index (χ0v) is 15.6. The van der Waals surface area contributed by atoms with E-state index in [0.717, 1.165) is 17.2 Å². The van der Waals surface area contributed by atoms with Crippen LogP contribution in [0, 0.1) is 11.6 Å². The standard InChI is InChI=1S/C21H23F2NO3/c1-21(2,3)15-7-4-13(5-8-15)10-18(20(26)27)24-19(25)11-14-6-9-16(22)12-17(14)23/h4-9,12,18H,10-11H2,1-3H3,(H,24,25)(H,26,27)/t18-/m0/s1. The topological polar surface area (TPSA) is 66.4 Å². The smallest absolute Gasteiger partial charge is 0.326 e. The summed E-state index contributed by atoms with van der Waals surface area (Å²) in [5.41, 5.74) is 1.88. The van der Waals surface area contributed by atoms with Gasteiger partial charge in [-0.25, -0.2) is 13.6 Å². The Morgan fingerprint density at radius 3 is 2.22 bits per heavy atom. The molecule has 2 rings (SSSR count). The Morgan fingerprint density at radius 1 is 1.07 bits per heavy atom. The van der Waals surface area contributed by atoms with Gasteiger partial charge in [0.1, 0.15) is 17.7 Å². The van der Waals surface area contributed by atoms with Gasteiger partial charge in [-0.2, -0.15) is 0 Å². The van der Waals surface area contributed by atoms with E-state index in [1.54, 1.807) is 0 Å². The van der Waals surface area contributed by atoms with Gasteiger partial charge in [-0.15, -0.1) is 0 Å². The molecule has 6 heteroatoms. The molecule has 0 radical (unpaired) electrons. The number of carbonyl (C=O) groups excluding carboxylic acids is 1. The summed E-state index contributed by atoms with van der Waals surface area (Å²) in [5, 5.41) is 11.8. The van der Waals surface area contributed by atoms with Crippen LogP contribution in [0.4, 0.5) is 8.78 Å². The van der Waals surface area contributed by atoms with Gasteiger partial charge in [-0.1, -0.05) is 51.1 Å². The molecule has 0 unspecified atom stereocenters. The molecule has 2 aromatic rings. The SMILES string of the molecule is CC(C)(C)c1ccc(C[C@H](NC(=O)Cc2ccc(F)cc2F)C(=O)O)cc1. The van der Waals surface area contributed by atoms with Crippen LogP contribution in [0.25, 0.3) is 0 Å². The number of rotatable bonds is 6. The van der Waals surface area contributed by atoms with Crippen LogP contribution < -0.4 is 5.32 Å². The number of benzene rings is 2. The van der Waals surface area contributed by atoms with E-state index in [-0.39, 0.29) is 23.8 Å². The Labute approximate surface area is 157 Å². The quantitative estimate of drug-likeness (QED) is 0.810. The number of nitrogens with one attached hydrogen (secondary N) is 1. The number of carbonyl (C=O) groups is 2. The van der Waals surface area contributed by atoms with E-state index in [9.17, 15) is 23.5 Å². The summed E-state index contributed by atoms with van der Waals surface area (Å²) in [7, 11) is 0. The van der Waals surface area contributed by atoms with Gasteiger partial charge < -0.3 is 10.4 Å². The first kappa shape index (κ1) is 20.6. The van der Waals surface area contributed by atoms with Gasteiger partial charge >= 0.3 is 5.97 Å². The molecular weight excluding hydrogens is 352 g/mol. The van der Waals surface area contributed by atoms with Crippen LogP contribution in [0.5, 0.6) is 0 Å². The van der Waals surface area contributed by atoms with Crippen LogP contribution in [0.15, 0.2) is 42.5 Å². The van der Waals surface area contributed by atoms with E-state index in [0.29, 0.717) is 6.07 Å². The summed E-state index contributed by atoms with van der Waals surface area (Å²) in [6.45, 7) is 6.24. The van der Waals surface area contributed by atoms with Crippen molar-refractivity contribution in [3.8, 4) is 0 Å². The summed E-state index contributed by atoms with van der Waals surface area (Å²) >= 11 is 0. The number of carboxylic acid groups (broad SMARTS) is 1. The van der Waals surface area contributed by atoms with Crippen molar-refractivity contribution in [1.82, 2.24) is 5.32 Å². The fourth-order valence-corrected chi connectivity index (χ4v) is 2.66. The monoisotopic (exact) mass is 375 g/mol. The lowest BCUT2D eigenvalue weighted by molar-refractivity contribution is -0.141. The molecule has 0 spiro atoms. The Morgan fingerprint density at radius 2 is 1.70 bits per heavy atom. The first-order valence-electron chi connectivity index (χ1n) is 8.62. The second-order valence-corrected chi connectivity index (χ2v) is 7.52. The van der Waals surface area contributed by atoms with Gasteiger partial charge in [-0.3, -0.25) is 4.79 Å². The zero-order chi connectivity index (χ0) is 20.2. The Balaban J connectivity index is 2.04. The molecule has 0 saturated heterocycles. The summed E-state index contributed by atoms with van der Waals surface area (Å²) in [6, 6.07) is 9.32. The molecule has 0 aliphatic rings. The molecular formula is C21H23F2NO3. The fourth-order valence-electron chi connectivity index (χ4n) is 2.66. The lowest BCUT2D eigenvalue weighted by Gasteiger charge is -2.20.